The van der Waals surface area contributed by atoms with Crippen LogP contribution < -0.4 is 5.32 Å². The maximum atomic E-state index is 6.32. The lowest BCUT2D eigenvalue weighted by Gasteiger charge is -2.09. The van der Waals surface area contributed by atoms with Crippen LogP contribution in [0.5, 0.6) is 0 Å². The molecule has 1 heterocycles. The van der Waals surface area contributed by atoms with Crippen molar-refractivity contribution in [1.82, 2.24) is 0 Å². The molecule has 1 aliphatic carbocycles. The number of hydrogen-bond donors (Lipinski definition) is 1. The molecule has 0 saturated heterocycles. The lowest BCUT2D eigenvalue weighted by molar-refractivity contribution is 1.16. The molecule has 18 heavy (non-hydrogen) atoms. The van der Waals surface area contributed by atoms with E-state index < -0.39 is 0 Å². The van der Waals surface area contributed by atoms with Crippen LogP contribution in [0.15, 0.2) is 18.2 Å². The minimum absolute atomic E-state index is 0.660. The summed E-state index contributed by atoms with van der Waals surface area (Å²) >= 11 is 8.09. The summed E-state index contributed by atoms with van der Waals surface area (Å²) < 4.78 is 0. The van der Waals surface area contributed by atoms with Crippen molar-refractivity contribution in [2.75, 3.05) is 5.32 Å². The molecule has 2 aromatic rings. The highest BCUT2D eigenvalue weighted by atomic mass is 35.5. The third kappa shape index (κ3) is 2.40. The second kappa shape index (κ2) is 4.60. The summed E-state index contributed by atoms with van der Waals surface area (Å²) in [5.74, 6) is 0. The van der Waals surface area contributed by atoms with Crippen LogP contribution in [0.1, 0.15) is 22.6 Å². The van der Waals surface area contributed by atoms with E-state index in [9.17, 15) is 0 Å². The maximum absolute atomic E-state index is 6.32. The molecule has 1 saturated carbocycles. The second-order valence-electron chi connectivity index (χ2n) is 4.83. The molecule has 1 fully saturated rings. The molecule has 1 nitrogen and oxygen atoms in total. The Morgan fingerprint density at radius 3 is 2.72 bits per heavy atom. The van der Waals surface area contributed by atoms with Gasteiger partial charge in [-0.05, 0) is 44.9 Å². The molecule has 1 N–H and O–H groups in total. The van der Waals surface area contributed by atoms with E-state index in [4.69, 9.17) is 11.6 Å². The zero-order valence-corrected chi connectivity index (χ0v) is 12.1. The normalized spacial score (nSPS) is 14.8. The Morgan fingerprint density at radius 1 is 1.33 bits per heavy atom. The minimum Gasteiger partial charge on any atom is -0.382 e. The van der Waals surface area contributed by atoms with E-state index in [-0.39, 0.29) is 0 Å². The van der Waals surface area contributed by atoms with Gasteiger partial charge in [0.05, 0.1) is 0 Å². The van der Waals surface area contributed by atoms with Gasteiger partial charge in [-0.25, -0.2) is 0 Å². The van der Waals surface area contributed by atoms with Crippen molar-refractivity contribution < 1.29 is 0 Å². The minimum atomic E-state index is 0.660. The van der Waals surface area contributed by atoms with Gasteiger partial charge in [-0.1, -0.05) is 11.6 Å². The number of hydrogen-bond acceptors (Lipinski definition) is 2. The Labute approximate surface area is 117 Å². The van der Waals surface area contributed by atoms with E-state index in [1.54, 1.807) is 11.3 Å². The van der Waals surface area contributed by atoms with Gasteiger partial charge in [0.25, 0.3) is 0 Å². The van der Waals surface area contributed by atoms with Crippen LogP contribution in [0, 0.1) is 19.9 Å². The van der Waals surface area contributed by atoms with Crippen molar-refractivity contribution in [3.05, 3.63) is 39.0 Å². The largest absolute Gasteiger partial charge is 0.382 e. The first-order valence-electron chi connectivity index (χ1n) is 6.19. The van der Waals surface area contributed by atoms with E-state index in [0.29, 0.717) is 6.04 Å². The summed E-state index contributed by atoms with van der Waals surface area (Å²) in [5, 5.41) is 4.31. The molecule has 0 unspecified atom stereocenters. The molecular formula is C15H15ClNS. The number of thiophene rings is 1. The van der Waals surface area contributed by atoms with Crippen molar-refractivity contribution in [2.24, 2.45) is 0 Å². The first kappa shape index (κ1) is 12.1. The first-order chi connectivity index (χ1) is 8.63. The lowest BCUT2D eigenvalue weighted by atomic mass is 10.1. The fourth-order valence-corrected chi connectivity index (χ4v) is 3.18. The molecule has 0 amide bonds. The van der Waals surface area contributed by atoms with Crippen LogP contribution >= 0.6 is 22.9 Å². The Morgan fingerprint density at radius 2 is 2.11 bits per heavy atom. The van der Waals surface area contributed by atoms with Crippen molar-refractivity contribution >= 4 is 28.6 Å². The van der Waals surface area contributed by atoms with Crippen LogP contribution in [0.25, 0.3) is 11.1 Å². The number of halogens is 1. The third-order valence-electron chi connectivity index (χ3n) is 3.14. The fourth-order valence-electron chi connectivity index (χ4n) is 2.10. The van der Waals surface area contributed by atoms with Gasteiger partial charge in [-0.2, -0.15) is 0 Å². The Balaban J connectivity index is 2.01. The van der Waals surface area contributed by atoms with Gasteiger partial charge in [0.2, 0.25) is 0 Å². The van der Waals surface area contributed by atoms with Crippen LogP contribution in [0.4, 0.5) is 5.69 Å². The molecule has 1 radical (unpaired) electrons. The van der Waals surface area contributed by atoms with Gasteiger partial charge < -0.3 is 5.32 Å². The molecule has 1 aromatic heterocycles. The average molecular weight is 277 g/mol. The van der Waals surface area contributed by atoms with Crippen LogP contribution in [0.2, 0.25) is 5.02 Å². The molecule has 93 valence electrons. The molecular weight excluding hydrogens is 262 g/mol. The Hall–Kier alpha value is -0.990. The summed E-state index contributed by atoms with van der Waals surface area (Å²) in [7, 11) is 0. The monoisotopic (exact) mass is 276 g/mol. The van der Waals surface area contributed by atoms with Crippen LogP contribution in [0.3, 0.4) is 0 Å². The van der Waals surface area contributed by atoms with Gasteiger partial charge in [0.15, 0.2) is 0 Å². The van der Waals surface area contributed by atoms with Gasteiger partial charge in [0.1, 0.15) is 0 Å². The fraction of sp³-hybridized carbons (Fsp3) is 0.333. The number of anilines is 1. The van der Waals surface area contributed by atoms with E-state index in [0.717, 1.165) is 21.8 Å². The topological polar surface area (TPSA) is 12.0 Å². The van der Waals surface area contributed by atoms with Crippen molar-refractivity contribution in [1.29, 1.82) is 0 Å². The van der Waals surface area contributed by atoms with Gasteiger partial charge in [-0.15, -0.1) is 11.3 Å². The van der Waals surface area contributed by atoms with Crippen LogP contribution in [-0.4, -0.2) is 6.04 Å². The molecule has 0 aliphatic heterocycles. The smallest absolute Gasteiger partial charge is 0.0486 e. The Bertz CT molecular complexity index is 584. The number of benzene rings is 1. The van der Waals surface area contributed by atoms with E-state index in [2.05, 4.69) is 37.4 Å². The average Bonchev–Trinajstić information content (AvgIpc) is 3.06. The highest BCUT2D eigenvalue weighted by molar-refractivity contribution is 7.12. The first-order valence-corrected chi connectivity index (χ1v) is 7.38. The van der Waals surface area contributed by atoms with Crippen molar-refractivity contribution in [3.63, 3.8) is 0 Å². The molecule has 0 bridgehead atoms. The Kier molecular flexibility index (Phi) is 3.08. The highest BCUT2D eigenvalue weighted by Crippen LogP contribution is 2.37. The number of nitrogens with one attached hydrogen (secondary N) is 1. The predicted octanol–water partition coefficient (Wildman–Crippen LogP) is 5.06. The molecule has 1 aliphatic rings. The zero-order chi connectivity index (χ0) is 12.7. The molecule has 1 aromatic carbocycles. The van der Waals surface area contributed by atoms with Gasteiger partial charge >= 0.3 is 0 Å². The molecule has 3 heteroatoms. The van der Waals surface area contributed by atoms with Crippen molar-refractivity contribution in [3.8, 4) is 11.1 Å². The molecule has 0 atom stereocenters. The van der Waals surface area contributed by atoms with Crippen LogP contribution in [-0.2, 0) is 0 Å². The standard InChI is InChI=1S/C15H15ClNS/c1-9-7-13(10(2)18-9)14-8-12(5-6-15(14)16)17-11-3-4-11/h5-6,8,11,17H,3-4H2,1-2H3. The maximum Gasteiger partial charge on any atom is 0.0486 e. The van der Waals surface area contributed by atoms with E-state index >= 15 is 0 Å². The summed E-state index contributed by atoms with van der Waals surface area (Å²) in [5.41, 5.74) is 3.39. The predicted molar refractivity (Wildman–Crippen MR) is 79.7 cm³/mol. The second-order valence-corrected chi connectivity index (χ2v) is 6.66. The van der Waals surface area contributed by atoms with E-state index in [1.807, 2.05) is 6.07 Å². The lowest BCUT2D eigenvalue weighted by Crippen LogP contribution is -2.00. The number of rotatable bonds is 3. The quantitative estimate of drug-likeness (QED) is 0.826. The zero-order valence-electron chi connectivity index (χ0n) is 10.5. The third-order valence-corrected chi connectivity index (χ3v) is 4.39. The van der Waals surface area contributed by atoms with Gasteiger partial charge in [-0.3, -0.25) is 0 Å². The summed E-state index contributed by atoms with van der Waals surface area (Å²) in [4.78, 5) is 2.48. The molecule has 3 rings (SSSR count). The van der Waals surface area contributed by atoms with E-state index in [1.165, 1.54) is 22.6 Å². The summed E-state index contributed by atoms with van der Waals surface area (Å²) in [6.45, 7) is 4.21. The summed E-state index contributed by atoms with van der Waals surface area (Å²) in [6.07, 6.45) is 2.56. The van der Waals surface area contributed by atoms with Crippen molar-refractivity contribution in [2.45, 2.75) is 32.7 Å². The highest BCUT2D eigenvalue weighted by Gasteiger charge is 2.21. The number of aryl methyl sites for hydroxylation is 2. The SMILES string of the molecule is Cc1[c]c(-c2cc(NC3CC3)ccc2Cl)c(C)s1. The molecule has 0 spiro atoms. The van der Waals surface area contributed by atoms with Gasteiger partial charge in [0, 0.05) is 43.7 Å². The summed E-state index contributed by atoms with van der Waals surface area (Å²) in [6, 6.07) is 10.2.